The Morgan fingerprint density at radius 1 is 1.27 bits per heavy atom. The van der Waals surface area contributed by atoms with Gasteiger partial charge in [0.1, 0.15) is 11.2 Å². The minimum Gasteiger partial charge on any atom is -0.494 e. The number of benzene rings is 1. The molecule has 0 aliphatic carbocycles. The lowest BCUT2D eigenvalue weighted by Gasteiger charge is -2.06. The SMILES string of the molecule is CCCCCOc1ccc(N[C]=S)cc1. The third-order valence-corrected chi connectivity index (χ3v) is 2.17. The van der Waals surface area contributed by atoms with Crippen molar-refractivity contribution in [2.45, 2.75) is 26.2 Å². The summed E-state index contributed by atoms with van der Waals surface area (Å²) in [7, 11) is 0. The average Bonchev–Trinajstić information content (AvgIpc) is 2.27. The van der Waals surface area contributed by atoms with Crippen molar-refractivity contribution in [1.82, 2.24) is 0 Å². The quantitative estimate of drug-likeness (QED) is 0.433. The van der Waals surface area contributed by atoms with Gasteiger partial charge < -0.3 is 10.1 Å². The van der Waals surface area contributed by atoms with Crippen LogP contribution in [0.5, 0.6) is 5.75 Å². The molecule has 0 unspecified atom stereocenters. The minimum atomic E-state index is 0.792. The Balaban J connectivity index is 2.32. The number of nitrogens with one attached hydrogen (secondary N) is 1. The fourth-order valence-electron chi connectivity index (χ4n) is 1.24. The number of hydrogen-bond donors (Lipinski definition) is 1. The van der Waals surface area contributed by atoms with E-state index in [1.807, 2.05) is 24.3 Å². The Morgan fingerprint density at radius 2 is 2.00 bits per heavy atom. The van der Waals surface area contributed by atoms with Crippen LogP contribution in [0.15, 0.2) is 24.3 Å². The van der Waals surface area contributed by atoms with Crippen LogP contribution in [0.3, 0.4) is 0 Å². The lowest BCUT2D eigenvalue weighted by Crippen LogP contribution is -1.97. The van der Waals surface area contributed by atoms with Crippen molar-refractivity contribution in [3.05, 3.63) is 24.3 Å². The molecule has 0 bridgehead atoms. The Hall–Kier alpha value is -1.09. The molecule has 2 nitrogen and oxygen atoms in total. The van der Waals surface area contributed by atoms with Gasteiger partial charge in [0.2, 0.25) is 0 Å². The van der Waals surface area contributed by atoms with Crippen LogP contribution in [-0.4, -0.2) is 12.1 Å². The Morgan fingerprint density at radius 3 is 2.60 bits per heavy atom. The molecule has 15 heavy (non-hydrogen) atoms. The molecule has 0 spiro atoms. The van der Waals surface area contributed by atoms with Gasteiger partial charge in [0.25, 0.3) is 0 Å². The van der Waals surface area contributed by atoms with Crippen molar-refractivity contribution in [2.24, 2.45) is 0 Å². The second kappa shape index (κ2) is 7.23. The Bertz CT molecular complexity index is 284. The van der Waals surface area contributed by atoms with Crippen molar-refractivity contribution in [2.75, 3.05) is 11.9 Å². The molecule has 81 valence electrons. The highest BCUT2D eigenvalue weighted by atomic mass is 32.1. The molecule has 1 aromatic carbocycles. The van der Waals surface area contributed by atoms with E-state index in [1.165, 1.54) is 12.8 Å². The molecule has 1 N–H and O–H groups in total. The summed E-state index contributed by atoms with van der Waals surface area (Å²) in [6.07, 6.45) is 3.56. The molecular weight excluding hydrogens is 206 g/mol. The van der Waals surface area contributed by atoms with Crippen molar-refractivity contribution >= 4 is 23.4 Å². The third kappa shape index (κ3) is 4.79. The van der Waals surface area contributed by atoms with Crippen LogP contribution in [0.4, 0.5) is 5.69 Å². The van der Waals surface area contributed by atoms with Gasteiger partial charge in [-0.05, 0) is 30.7 Å². The second-order valence-electron chi connectivity index (χ2n) is 3.31. The predicted molar refractivity (Wildman–Crippen MR) is 67.7 cm³/mol. The first-order valence-corrected chi connectivity index (χ1v) is 5.63. The molecule has 0 saturated heterocycles. The van der Waals surface area contributed by atoms with Gasteiger partial charge in [-0.1, -0.05) is 32.0 Å². The van der Waals surface area contributed by atoms with Crippen LogP contribution >= 0.6 is 12.2 Å². The second-order valence-corrected chi connectivity index (χ2v) is 3.51. The van der Waals surface area contributed by atoms with Crippen LogP contribution in [0.2, 0.25) is 0 Å². The molecule has 0 aliphatic heterocycles. The fourth-order valence-corrected chi connectivity index (χ4v) is 1.35. The maximum Gasteiger partial charge on any atom is 0.138 e. The summed E-state index contributed by atoms with van der Waals surface area (Å²) in [5.41, 5.74) is 3.39. The van der Waals surface area contributed by atoms with Crippen LogP contribution < -0.4 is 10.1 Å². The molecule has 0 amide bonds. The predicted octanol–water partition coefficient (Wildman–Crippen LogP) is 3.50. The highest BCUT2D eigenvalue weighted by Gasteiger charge is 1.94. The molecule has 1 aromatic rings. The number of hydrogen-bond acceptors (Lipinski definition) is 2. The van der Waals surface area contributed by atoms with Gasteiger partial charge in [0.05, 0.1) is 6.61 Å². The lowest BCUT2D eigenvalue weighted by molar-refractivity contribution is 0.306. The van der Waals surface area contributed by atoms with Gasteiger partial charge in [-0.3, -0.25) is 0 Å². The van der Waals surface area contributed by atoms with Crippen LogP contribution in [0.1, 0.15) is 26.2 Å². The van der Waals surface area contributed by atoms with Gasteiger partial charge in [0, 0.05) is 5.69 Å². The first kappa shape index (κ1) is 12.0. The number of unbranched alkanes of at least 4 members (excludes halogenated alkanes) is 2. The van der Waals surface area contributed by atoms with Gasteiger partial charge in [-0.2, -0.15) is 0 Å². The Labute approximate surface area is 96.6 Å². The monoisotopic (exact) mass is 222 g/mol. The summed E-state index contributed by atoms with van der Waals surface area (Å²) < 4.78 is 5.57. The summed E-state index contributed by atoms with van der Waals surface area (Å²) in [6, 6.07) is 7.71. The molecule has 1 radical (unpaired) electrons. The third-order valence-electron chi connectivity index (χ3n) is 2.07. The normalized spacial score (nSPS) is 9.67. The van der Waals surface area contributed by atoms with E-state index in [-0.39, 0.29) is 0 Å². The summed E-state index contributed by atoms with van der Waals surface area (Å²) in [6.45, 7) is 2.97. The van der Waals surface area contributed by atoms with E-state index in [0.717, 1.165) is 24.5 Å². The smallest absolute Gasteiger partial charge is 0.138 e. The number of rotatable bonds is 7. The maximum absolute atomic E-state index is 5.57. The molecule has 0 aliphatic rings. The maximum atomic E-state index is 5.57. The van der Waals surface area contributed by atoms with Crippen molar-refractivity contribution < 1.29 is 4.74 Å². The number of thiocarbonyl (C=S) groups is 1. The first-order valence-electron chi connectivity index (χ1n) is 5.23. The summed E-state index contributed by atoms with van der Waals surface area (Å²) in [5.74, 6) is 0.904. The molecule has 0 aromatic heterocycles. The first-order chi connectivity index (χ1) is 7.36. The largest absolute Gasteiger partial charge is 0.494 e. The number of ether oxygens (including phenoxy) is 1. The van der Waals surface area contributed by atoms with E-state index in [9.17, 15) is 0 Å². The molecule has 3 heteroatoms. The summed E-state index contributed by atoms with van der Waals surface area (Å²) >= 11 is 4.57. The zero-order valence-corrected chi connectivity index (χ0v) is 9.77. The van der Waals surface area contributed by atoms with E-state index in [2.05, 4.69) is 29.9 Å². The molecule has 0 saturated carbocycles. The minimum absolute atomic E-state index is 0.792. The topological polar surface area (TPSA) is 21.3 Å². The van der Waals surface area contributed by atoms with Crippen LogP contribution in [0, 0.1) is 0 Å². The highest BCUT2D eigenvalue weighted by Crippen LogP contribution is 2.15. The van der Waals surface area contributed by atoms with Gasteiger partial charge in [-0.15, -0.1) is 0 Å². The van der Waals surface area contributed by atoms with E-state index in [1.54, 1.807) is 0 Å². The Kier molecular flexibility index (Phi) is 5.78. The van der Waals surface area contributed by atoms with E-state index in [0.29, 0.717) is 0 Å². The van der Waals surface area contributed by atoms with E-state index in [4.69, 9.17) is 4.74 Å². The molecular formula is C12H16NOS. The zero-order chi connectivity index (χ0) is 10.9. The zero-order valence-electron chi connectivity index (χ0n) is 8.95. The molecule has 1 rings (SSSR count). The molecule has 0 fully saturated rings. The van der Waals surface area contributed by atoms with Crippen LogP contribution in [-0.2, 0) is 0 Å². The highest BCUT2D eigenvalue weighted by molar-refractivity contribution is 7.79. The summed E-state index contributed by atoms with van der Waals surface area (Å²) in [5, 5.41) is 2.82. The van der Waals surface area contributed by atoms with Gasteiger partial charge >= 0.3 is 0 Å². The fraction of sp³-hybridized carbons (Fsp3) is 0.417. The van der Waals surface area contributed by atoms with Gasteiger partial charge in [-0.25, -0.2) is 0 Å². The average molecular weight is 222 g/mol. The van der Waals surface area contributed by atoms with Crippen molar-refractivity contribution in [3.8, 4) is 5.75 Å². The van der Waals surface area contributed by atoms with Crippen molar-refractivity contribution in [1.29, 1.82) is 0 Å². The van der Waals surface area contributed by atoms with Crippen molar-refractivity contribution in [3.63, 3.8) is 0 Å². The molecule has 0 heterocycles. The molecule has 0 atom stereocenters. The number of anilines is 1. The van der Waals surface area contributed by atoms with E-state index >= 15 is 0 Å². The van der Waals surface area contributed by atoms with Gasteiger partial charge in [0.15, 0.2) is 0 Å². The van der Waals surface area contributed by atoms with E-state index < -0.39 is 0 Å². The standard InChI is InChI=1S/C12H16NOS/c1-2-3-4-9-14-12-7-5-11(6-8-12)13-10-15/h5-8H,2-4,9H2,1H3,(H,13,15). The summed E-state index contributed by atoms with van der Waals surface area (Å²) in [4.78, 5) is 0. The van der Waals surface area contributed by atoms with Crippen LogP contribution in [0.25, 0.3) is 0 Å². The lowest BCUT2D eigenvalue weighted by atomic mass is 10.2.